The van der Waals surface area contributed by atoms with Crippen LogP contribution in [-0.2, 0) is 16.1 Å². The van der Waals surface area contributed by atoms with Crippen molar-refractivity contribution in [3.8, 4) is 11.5 Å². The molecule has 0 aromatic heterocycles. The van der Waals surface area contributed by atoms with Crippen LogP contribution in [0.4, 0.5) is 0 Å². The van der Waals surface area contributed by atoms with Crippen molar-refractivity contribution in [3.05, 3.63) is 59.7 Å². The van der Waals surface area contributed by atoms with Crippen molar-refractivity contribution in [1.82, 2.24) is 10.2 Å². The second kappa shape index (κ2) is 11.2. The van der Waals surface area contributed by atoms with Gasteiger partial charge in [-0.25, -0.2) is 0 Å². The number of rotatable bonds is 10. The molecule has 0 saturated heterocycles. The number of carbonyl (C=O) groups is 2. The number of hydrogen-bond acceptors (Lipinski definition) is 4. The van der Waals surface area contributed by atoms with E-state index in [-0.39, 0.29) is 18.4 Å². The summed E-state index contributed by atoms with van der Waals surface area (Å²) >= 11 is 0. The molecule has 2 aromatic rings. The molecule has 162 valence electrons. The normalized spacial score (nSPS) is 11.7. The van der Waals surface area contributed by atoms with Gasteiger partial charge in [-0.1, -0.05) is 43.7 Å². The maximum Gasteiger partial charge on any atom is 0.261 e. The van der Waals surface area contributed by atoms with Crippen molar-refractivity contribution in [3.63, 3.8) is 0 Å². The molecule has 1 atom stereocenters. The molecule has 0 heterocycles. The molecule has 1 N–H and O–H groups in total. The number of methoxy groups -OCH3 is 1. The third kappa shape index (κ3) is 7.10. The van der Waals surface area contributed by atoms with Gasteiger partial charge in [-0.15, -0.1) is 0 Å². The fourth-order valence-corrected chi connectivity index (χ4v) is 2.83. The van der Waals surface area contributed by atoms with E-state index in [1.54, 1.807) is 18.9 Å². The average molecular weight is 413 g/mol. The zero-order valence-corrected chi connectivity index (χ0v) is 18.5. The molecule has 0 aliphatic heterocycles. The quantitative estimate of drug-likeness (QED) is 0.648. The molecule has 2 rings (SSSR count). The van der Waals surface area contributed by atoms with Crippen LogP contribution in [0, 0.1) is 12.8 Å². The van der Waals surface area contributed by atoms with Crippen molar-refractivity contribution < 1.29 is 19.1 Å². The second-order valence-electron chi connectivity index (χ2n) is 7.79. The number of nitrogens with one attached hydrogen (secondary N) is 1. The van der Waals surface area contributed by atoms with Crippen LogP contribution >= 0.6 is 0 Å². The third-order valence-corrected chi connectivity index (χ3v) is 4.75. The van der Waals surface area contributed by atoms with Crippen molar-refractivity contribution in [2.24, 2.45) is 5.92 Å². The molecule has 2 aromatic carbocycles. The molecule has 0 aliphatic rings. The molecule has 0 fully saturated rings. The summed E-state index contributed by atoms with van der Waals surface area (Å²) < 4.78 is 10.9. The maximum absolute atomic E-state index is 13.0. The minimum atomic E-state index is -0.625. The summed E-state index contributed by atoms with van der Waals surface area (Å²) in [7, 11) is 1.61. The first-order valence-corrected chi connectivity index (χ1v) is 10.2. The van der Waals surface area contributed by atoms with Gasteiger partial charge in [0.05, 0.1) is 7.11 Å². The summed E-state index contributed by atoms with van der Waals surface area (Å²) in [6.07, 6.45) is 0. The summed E-state index contributed by atoms with van der Waals surface area (Å²) in [6, 6.07) is 14.3. The first-order chi connectivity index (χ1) is 14.3. The third-order valence-electron chi connectivity index (χ3n) is 4.75. The van der Waals surface area contributed by atoms with Gasteiger partial charge in [0.25, 0.3) is 5.91 Å². The van der Waals surface area contributed by atoms with E-state index in [9.17, 15) is 9.59 Å². The second-order valence-corrected chi connectivity index (χ2v) is 7.79. The van der Waals surface area contributed by atoms with Crippen LogP contribution in [0.15, 0.2) is 48.5 Å². The van der Waals surface area contributed by atoms with Gasteiger partial charge < -0.3 is 19.7 Å². The largest absolute Gasteiger partial charge is 0.497 e. The van der Waals surface area contributed by atoms with E-state index in [0.717, 1.165) is 16.9 Å². The van der Waals surface area contributed by atoms with Crippen molar-refractivity contribution in [1.29, 1.82) is 0 Å². The molecule has 0 saturated carbocycles. The number of amides is 2. The number of hydrogen-bond donors (Lipinski definition) is 1. The Bertz CT molecular complexity index is 816. The van der Waals surface area contributed by atoms with Gasteiger partial charge in [-0.05, 0) is 49.6 Å². The summed E-state index contributed by atoms with van der Waals surface area (Å²) in [5.74, 6) is 1.26. The van der Waals surface area contributed by atoms with Crippen LogP contribution in [0.3, 0.4) is 0 Å². The number of carbonyl (C=O) groups excluding carboxylic acids is 2. The van der Waals surface area contributed by atoms with E-state index >= 15 is 0 Å². The Kier molecular flexibility index (Phi) is 8.71. The summed E-state index contributed by atoms with van der Waals surface area (Å²) in [4.78, 5) is 27.2. The number of ether oxygens (including phenoxy) is 2. The monoisotopic (exact) mass is 412 g/mol. The van der Waals surface area contributed by atoms with E-state index < -0.39 is 6.04 Å². The highest BCUT2D eigenvalue weighted by molar-refractivity contribution is 5.87. The predicted molar refractivity (Wildman–Crippen MR) is 118 cm³/mol. The van der Waals surface area contributed by atoms with Gasteiger partial charge in [0.1, 0.15) is 17.5 Å². The van der Waals surface area contributed by atoms with Gasteiger partial charge >= 0.3 is 0 Å². The molecule has 0 unspecified atom stereocenters. The van der Waals surface area contributed by atoms with Crippen molar-refractivity contribution in [2.45, 2.75) is 40.3 Å². The maximum atomic E-state index is 13.0. The Labute approximate surface area is 179 Å². The molecule has 0 radical (unpaired) electrons. The van der Waals surface area contributed by atoms with Gasteiger partial charge in [-0.2, -0.15) is 0 Å². The molecule has 30 heavy (non-hydrogen) atoms. The van der Waals surface area contributed by atoms with E-state index in [4.69, 9.17) is 9.47 Å². The highest BCUT2D eigenvalue weighted by Crippen LogP contribution is 2.16. The first kappa shape index (κ1) is 23.3. The van der Waals surface area contributed by atoms with Gasteiger partial charge in [-0.3, -0.25) is 9.59 Å². The van der Waals surface area contributed by atoms with Crippen LogP contribution in [0.5, 0.6) is 11.5 Å². The van der Waals surface area contributed by atoms with Crippen molar-refractivity contribution >= 4 is 11.8 Å². The zero-order chi connectivity index (χ0) is 22.1. The Balaban J connectivity index is 2.12. The first-order valence-electron chi connectivity index (χ1n) is 10.2. The summed E-state index contributed by atoms with van der Waals surface area (Å²) in [5, 5.41) is 2.91. The Morgan fingerprint density at radius 3 is 2.13 bits per heavy atom. The van der Waals surface area contributed by atoms with Crippen molar-refractivity contribution in [2.75, 3.05) is 20.3 Å². The van der Waals surface area contributed by atoms with Crippen LogP contribution < -0.4 is 14.8 Å². The minimum Gasteiger partial charge on any atom is -0.497 e. The Morgan fingerprint density at radius 2 is 1.57 bits per heavy atom. The molecule has 6 heteroatoms. The molecular formula is C24H32N2O4. The lowest BCUT2D eigenvalue weighted by atomic mass is 10.1. The standard InChI is InChI=1S/C24H32N2O4/c1-17(2)14-25-24(28)19(4)26(15-20-8-12-21(29-5)13-9-20)23(27)16-30-22-10-6-18(3)7-11-22/h6-13,17,19H,14-16H2,1-5H3,(H,25,28)/t19-/m0/s1. The van der Waals surface area contributed by atoms with E-state index in [1.165, 1.54) is 0 Å². The highest BCUT2D eigenvalue weighted by atomic mass is 16.5. The smallest absolute Gasteiger partial charge is 0.261 e. The zero-order valence-electron chi connectivity index (χ0n) is 18.5. The number of benzene rings is 2. The molecule has 0 aliphatic carbocycles. The van der Waals surface area contributed by atoms with Crippen LogP contribution in [-0.4, -0.2) is 43.0 Å². The molecular weight excluding hydrogens is 380 g/mol. The predicted octanol–water partition coefficient (Wildman–Crippen LogP) is 3.57. The van der Waals surface area contributed by atoms with Gasteiger partial charge in [0.2, 0.25) is 5.91 Å². The number of aryl methyl sites for hydroxylation is 1. The Morgan fingerprint density at radius 1 is 0.967 bits per heavy atom. The highest BCUT2D eigenvalue weighted by Gasteiger charge is 2.26. The van der Waals surface area contributed by atoms with E-state index in [2.05, 4.69) is 5.32 Å². The number of nitrogens with zero attached hydrogens (tertiary/aromatic N) is 1. The fraction of sp³-hybridized carbons (Fsp3) is 0.417. The van der Waals surface area contributed by atoms with Crippen LogP contribution in [0.2, 0.25) is 0 Å². The lowest BCUT2D eigenvalue weighted by molar-refractivity contribution is -0.142. The van der Waals surface area contributed by atoms with Crippen LogP contribution in [0.25, 0.3) is 0 Å². The van der Waals surface area contributed by atoms with Gasteiger partial charge in [0.15, 0.2) is 6.61 Å². The summed E-state index contributed by atoms with van der Waals surface area (Å²) in [6.45, 7) is 8.51. The van der Waals surface area contributed by atoms with E-state index in [0.29, 0.717) is 24.8 Å². The Hall–Kier alpha value is -3.02. The van der Waals surface area contributed by atoms with E-state index in [1.807, 2.05) is 69.3 Å². The fourth-order valence-electron chi connectivity index (χ4n) is 2.83. The van der Waals surface area contributed by atoms with Gasteiger partial charge in [0, 0.05) is 13.1 Å². The lowest BCUT2D eigenvalue weighted by Gasteiger charge is -2.29. The molecule has 2 amide bonds. The summed E-state index contributed by atoms with van der Waals surface area (Å²) in [5.41, 5.74) is 2.02. The lowest BCUT2D eigenvalue weighted by Crippen LogP contribution is -2.49. The minimum absolute atomic E-state index is 0.138. The molecule has 0 spiro atoms. The molecule has 6 nitrogen and oxygen atoms in total. The van der Waals surface area contributed by atoms with Crippen LogP contribution in [0.1, 0.15) is 31.9 Å². The topological polar surface area (TPSA) is 67.9 Å². The SMILES string of the molecule is COc1ccc(CN(C(=O)COc2ccc(C)cc2)[C@@H](C)C(=O)NCC(C)C)cc1. The average Bonchev–Trinajstić information content (AvgIpc) is 2.75. The molecule has 0 bridgehead atoms.